The van der Waals surface area contributed by atoms with Crippen molar-refractivity contribution in [3.05, 3.63) is 40.4 Å². The summed E-state index contributed by atoms with van der Waals surface area (Å²) in [6.07, 6.45) is 3.58. The van der Waals surface area contributed by atoms with Crippen LogP contribution in [-0.2, 0) is 9.59 Å². The lowest BCUT2D eigenvalue weighted by atomic mass is 9.86. The zero-order chi connectivity index (χ0) is 25.0. The lowest BCUT2D eigenvalue weighted by Crippen LogP contribution is -2.62. The van der Waals surface area contributed by atoms with Gasteiger partial charge in [0.25, 0.3) is 5.91 Å². The topological polar surface area (TPSA) is 112 Å². The van der Waals surface area contributed by atoms with Crippen LogP contribution in [0.2, 0.25) is 5.02 Å². The van der Waals surface area contributed by atoms with Crippen LogP contribution in [0.4, 0.5) is 10.5 Å². The van der Waals surface area contributed by atoms with Gasteiger partial charge in [-0.2, -0.15) is 0 Å². The molecule has 0 bridgehead atoms. The van der Waals surface area contributed by atoms with Gasteiger partial charge in [-0.15, -0.1) is 0 Å². The van der Waals surface area contributed by atoms with Gasteiger partial charge in [0, 0.05) is 30.7 Å². The Morgan fingerprint density at radius 2 is 2.14 bits per heavy atom. The number of likely N-dealkylation sites (tertiary alicyclic amines) is 1. The van der Waals surface area contributed by atoms with Gasteiger partial charge in [0.05, 0.1) is 21.3 Å². The number of hydrogen-bond donors (Lipinski definition) is 3. The van der Waals surface area contributed by atoms with Crippen LogP contribution < -0.4 is 30.3 Å². The molecule has 5 aliphatic rings. The molecule has 4 amide bonds. The van der Waals surface area contributed by atoms with Crippen LogP contribution in [0.1, 0.15) is 19.3 Å². The molecule has 1 aromatic carbocycles. The first-order chi connectivity index (χ1) is 17.5. The Hall–Kier alpha value is -2.89. The monoisotopic (exact) mass is 531 g/mol. The van der Waals surface area contributed by atoms with Crippen LogP contribution in [0.25, 0.3) is 0 Å². The highest BCUT2D eigenvalue weighted by atomic mass is 35.5. The Balaban J connectivity index is 1.28. The number of thioether (sulfide) groups is 1. The zero-order valence-electron chi connectivity index (χ0n) is 19.4. The molecule has 3 saturated heterocycles. The first-order valence-electron chi connectivity index (χ1n) is 12.0. The first kappa shape index (κ1) is 23.5. The fraction of sp³-hybridized carbons (Fsp3) is 0.458. The average Bonchev–Trinajstić information content (AvgIpc) is 3.50. The molecule has 5 aliphatic heterocycles. The molecule has 10 nitrogen and oxygen atoms in total. The van der Waals surface area contributed by atoms with E-state index in [2.05, 4.69) is 22.5 Å². The van der Waals surface area contributed by atoms with E-state index in [1.54, 1.807) is 21.9 Å². The second kappa shape index (κ2) is 9.20. The van der Waals surface area contributed by atoms with Gasteiger partial charge in [-0.3, -0.25) is 14.5 Å². The van der Waals surface area contributed by atoms with Crippen molar-refractivity contribution >= 4 is 46.9 Å². The number of carbonyl (C=O) groups is 3. The summed E-state index contributed by atoms with van der Waals surface area (Å²) in [5, 5.41) is 9.90. The third-order valence-corrected chi connectivity index (χ3v) is 8.95. The molecular formula is C24H26ClN5O5S. The number of ether oxygens (including phenoxy) is 2. The molecule has 36 heavy (non-hydrogen) atoms. The molecule has 0 spiro atoms. The predicted molar refractivity (Wildman–Crippen MR) is 135 cm³/mol. The molecule has 12 heteroatoms. The molecule has 3 unspecified atom stereocenters. The lowest BCUT2D eigenvalue weighted by Gasteiger charge is -2.46. The molecule has 0 saturated carbocycles. The maximum absolute atomic E-state index is 13.5. The van der Waals surface area contributed by atoms with Crippen LogP contribution in [0.3, 0.4) is 0 Å². The quantitative estimate of drug-likeness (QED) is 0.510. The molecule has 0 aliphatic carbocycles. The number of hydrogen-bond acceptors (Lipinski definition) is 7. The van der Waals surface area contributed by atoms with Gasteiger partial charge in [-0.05, 0) is 44.0 Å². The summed E-state index contributed by atoms with van der Waals surface area (Å²) >= 11 is 8.01. The second-order valence-electron chi connectivity index (χ2n) is 9.35. The van der Waals surface area contributed by atoms with Gasteiger partial charge in [0.2, 0.25) is 12.7 Å². The van der Waals surface area contributed by atoms with Crippen LogP contribution >= 0.6 is 23.4 Å². The Kier molecular flexibility index (Phi) is 6.01. The van der Waals surface area contributed by atoms with E-state index in [9.17, 15) is 14.4 Å². The van der Waals surface area contributed by atoms with E-state index in [0.717, 1.165) is 12.8 Å². The molecule has 3 N–H and O–H groups in total. The number of carbonyl (C=O) groups excluding carboxylic acids is 3. The number of halogens is 1. The normalized spacial score (nSPS) is 28.5. The van der Waals surface area contributed by atoms with Crippen molar-refractivity contribution in [2.75, 3.05) is 31.3 Å². The number of nitrogens with one attached hydrogen (secondary N) is 3. The fourth-order valence-corrected chi connectivity index (χ4v) is 7.35. The van der Waals surface area contributed by atoms with E-state index >= 15 is 0 Å². The summed E-state index contributed by atoms with van der Waals surface area (Å²) in [6.45, 7) is 5.41. The van der Waals surface area contributed by atoms with Crippen molar-refractivity contribution in [2.45, 2.75) is 36.7 Å². The van der Waals surface area contributed by atoms with Crippen LogP contribution in [0.5, 0.6) is 11.5 Å². The van der Waals surface area contributed by atoms with Crippen molar-refractivity contribution < 1.29 is 23.9 Å². The number of nitrogens with zero attached hydrogens (tertiary/aromatic N) is 2. The maximum atomic E-state index is 13.5. The highest BCUT2D eigenvalue weighted by Crippen LogP contribution is 2.52. The van der Waals surface area contributed by atoms with Crippen molar-refractivity contribution in [2.24, 2.45) is 5.92 Å². The highest BCUT2D eigenvalue weighted by molar-refractivity contribution is 8.04. The molecule has 4 atom stereocenters. The summed E-state index contributed by atoms with van der Waals surface area (Å²) in [4.78, 5) is 42.8. The maximum Gasteiger partial charge on any atom is 0.326 e. The van der Waals surface area contributed by atoms with E-state index in [-0.39, 0.29) is 48.0 Å². The van der Waals surface area contributed by atoms with Gasteiger partial charge in [-0.1, -0.05) is 29.9 Å². The van der Waals surface area contributed by atoms with E-state index in [1.807, 2.05) is 0 Å². The Morgan fingerprint density at radius 3 is 2.97 bits per heavy atom. The summed E-state index contributed by atoms with van der Waals surface area (Å²) in [5.41, 5.74) is 1.13. The number of fused-ring (bicyclic) bond motifs is 1. The van der Waals surface area contributed by atoms with Gasteiger partial charge in [-0.25, -0.2) is 4.79 Å². The van der Waals surface area contributed by atoms with Crippen molar-refractivity contribution in [1.82, 2.24) is 20.9 Å². The number of anilines is 1. The Morgan fingerprint density at radius 1 is 1.28 bits per heavy atom. The standard InChI is InChI=1S/C24H26ClN5O5S/c1-2-16(31)29-9-3-4-12(10-29)27-22(32)21-18-17-14(7-8-26-23(17)36-21)30(24(33)28-18)19-13(25)5-6-15-20(19)35-11-34-15/h2,5-6,12,14,17,23,26H,1,3-4,7-11H2,(H,27,32)(H,28,33)/t12-,14?,17?,23?/m1/s1. The predicted octanol–water partition coefficient (Wildman–Crippen LogP) is 2.15. The molecule has 3 fully saturated rings. The van der Waals surface area contributed by atoms with Crippen LogP contribution in [0.15, 0.2) is 35.4 Å². The summed E-state index contributed by atoms with van der Waals surface area (Å²) < 4.78 is 11.2. The molecule has 6 rings (SSSR count). The SMILES string of the molecule is C=CC(=O)N1CCC[C@@H](NC(=O)C2=C3NC(=O)N(c4c(Cl)ccc5c4OCO5)C4CCNC(S2)C34)C1. The van der Waals surface area contributed by atoms with E-state index < -0.39 is 0 Å². The summed E-state index contributed by atoms with van der Waals surface area (Å²) in [7, 11) is 0. The molecule has 190 valence electrons. The van der Waals surface area contributed by atoms with Crippen molar-refractivity contribution in [3.63, 3.8) is 0 Å². The molecule has 0 radical (unpaired) electrons. The van der Waals surface area contributed by atoms with E-state index in [1.165, 1.54) is 17.8 Å². The molecular weight excluding hydrogens is 506 g/mol. The number of piperidine rings is 2. The van der Waals surface area contributed by atoms with E-state index in [4.69, 9.17) is 21.1 Å². The second-order valence-corrected chi connectivity index (χ2v) is 10.9. The smallest absolute Gasteiger partial charge is 0.326 e. The number of urea groups is 1. The Labute approximate surface area is 217 Å². The molecule has 5 heterocycles. The van der Waals surface area contributed by atoms with E-state index in [0.29, 0.717) is 58.9 Å². The number of benzene rings is 1. The third-order valence-electron chi connectivity index (χ3n) is 7.30. The van der Waals surface area contributed by atoms with Crippen molar-refractivity contribution in [3.8, 4) is 11.5 Å². The minimum Gasteiger partial charge on any atom is -0.454 e. The van der Waals surface area contributed by atoms with Crippen LogP contribution in [-0.4, -0.2) is 66.6 Å². The lowest BCUT2D eigenvalue weighted by molar-refractivity contribution is -0.128. The van der Waals surface area contributed by atoms with Gasteiger partial charge >= 0.3 is 6.03 Å². The van der Waals surface area contributed by atoms with Crippen molar-refractivity contribution in [1.29, 1.82) is 0 Å². The average molecular weight is 532 g/mol. The van der Waals surface area contributed by atoms with Gasteiger partial charge < -0.3 is 30.3 Å². The largest absolute Gasteiger partial charge is 0.454 e. The third kappa shape index (κ3) is 3.80. The fourth-order valence-electron chi connectivity index (χ4n) is 5.71. The Bertz CT molecular complexity index is 1190. The summed E-state index contributed by atoms with van der Waals surface area (Å²) in [6, 6.07) is 2.71. The number of rotatable bonds is 4. The number of amides is 4. The minimum atomic E-state index is -0.356. The van der Waals surface area contributed by atoms with Crippen LogP contribution in [0, 0.1) is 5.92 Å². The molecule has 1 aromatic rings. The van der Waals surface area contributed by atoms with Gasteiger partial charge in [0.15, 0.2) is 11.5 Å². The first-order valence-corrected chi connectivity index (χ1v) is 13.3. The minimum absolute atomic E-state index is 0.0682. The summed E-state index contributed by atoms with van der Waals surface area (Å²) in [5.74, 6) is 0.518. The molecule has 0 aromatic heterocycles. The zero-order valence-corrected chi connectivity index (χ0v) is 21.0. The highest BCUT2D eigenvalue weighted by Gasteiger charge is 2.53. The van der Waals surface area contributed by atoms with Gasteiger partial charge in [0.1, 0.15) is 5.69 Å².